The molecule has 7 fully saturated rings. The standard InChI is InChI=1S/C37H43N2O2.BrH/c1-2-29-24-39(23-25-8-4-3-5-9-25)15-13-30(29)19-34(39)35(32-12-14-38-33-11-7-6-10-31(32)33)41-36(40)37-20-26-16-27(21-37)18-28(17-26)22-37;/h2-12,14,26-30,34-35H,1,13,15-24H2;1H/q+1;/p-1/t26?,27?,28?,29-,30-,34+,35-,37?,39?;/m0./s1. The van der Waals surface area contributed by atoms with Crippen molar-refractivity contribution in [2.24, 2.45) is 35.0 Å². The van der Waals surface area contributed by atoms with Crippen molar-refractivity contribution >= 4 is 16.9 Å². The zero-order chi connectivity index (χ0) is 27.6. The molecule has 4 saturated carbocycles. The number of esters is 1. The molecule has 4 nitrogen and oxygen atoms in total. The number of carbonyl (C=O) groups excluding carboxylic acids is 1. The van der Waals surface area contributed by atoms with Crippen molar-refractivity contribution in [3.63, 3.8) is 0 Å². The predicted molar refractivity (Wildman–Crippen MR) is 162 cm³/mol. The van der Waals surface area contributed by atoms with Crippen LogP contribution in [-0.2, 0) is 16.1 Å². The van der Waals surface area contributed by atoms with Crippen LogP contribution < -0.4 is 17.0 Å². The minimum atomic E-state index is -0.277. The molecule has 0 spiro atoms. The van der Waals surface area contributed by atoms with Crippen molar-refractivity contribution < 1.29 is 31.0 Å². The van der Waals surface area contributed by atoms with Gasteiger partial charge in [-0.25, -0.2) is 0 Å². The molecule has 6 bridgehead atoms. The van der Waals surface area contributed by atoms with E-state index in [9.17, 15) is 4.79 Å². The topological polar surface area (TPSA) is 39.2 Å². The maximum Gasteiger partial charge on any atom is 0.312 e. The first-order chi connectivity index (χ1) is 20.0. The maximum atomic E-state index is 14.6. The molecule has 4 aliphatic carbocycles. The third-order valence-corrected chi connectivity index (χ3v) is 12.1. The first-order valence-corrected chi connectivity index (χ1v) is 16.1. The van der Waals surface area contributed by atoms with Gasteiger partial charge in [0.15, 0.2) is 6.10 Å². The second-order valence-electron chi connectivity index (χ2n) is 14.5. The number of fused-ring (bicyclic) bond motifs is 4. The Morgan fingerprint density at radius 2 is 1.67 bits per heavy atom. The first kappa shape index (κ1) is 28.3. The molecule has 220 valence electrons. The number of benzene rings is 2. The van der Waals surface area contributed by atoms with Crippen molar-refractivity contribution in [2.45, 2.75) is 70.1 Å². The minimum Gasteiger partial charge on any atom is -1.00 e. The van der Waals surface area contributed by atoms with E-state index in [1.165, 1.54) is 31.2 Å². The van der Waals surface area contributed by atoms with E-state index in [0.717, 1.165) is 66.3 Å². The first-order valence-electron chi connectivity index (χ1n) is 16.1. The molecule has 0 radical (unpaired) electrons. The molecule has 4 heterocycles. The fourth-order valence-electron chi connectivity index (χ4n) is 10.6. The molecular formula is C37H43BrN2O2. The highest BCUT2D eigenvalue weighted by molar-refractivity contribution is 5.83. The van der Waals surface area contributed by atoms with Gasteiger partial charge in [0.2, 0.25) is 0 Å². The summed E-state index contributed by atoms with van der Waals surface area (Å²) in [5, 5.41) is 1.12. The van der Waals surface area contributed by atoms with Gasteiger partial charge in [0.05, 0.1) is 24.0 Å². The molecule has 0 amide bonds. The predicted octanol–water partition coefficient (Wildman–Crippen LogP) is 4.65. The number of aromatic nitrogens is 1. The summed E-state index contributed by atoms with van der Waals surface area (Å²) in [6.07, 6.45) is 13.2. The summed E-state index contributed by atoms with van der Waals surface area (Å²) in [6, 6.07) is 21.7. The number of halogens is 1. The van der Waals surface area contributed by atoms with E-state index in [2.05, 4.69) is 73.3 Å². The van der Waals surface area contributed by atoms with Crippen LogP contribution >= 0.6 is 0 Å². The van der Waals surface area contributed by atoms with Crippen LogP contribution in [-0.4, -0.2) is 34.6 Å². The number of para-hydroxylation sites is 1. The molecule has 5 atom stereocenters. The third kappa shape index (κ3) is 4.66. The second-order valence-corrected chi connectivity index (χ2v) is 14.5. The summed E-state index contributed by atoms with van der Waals surface area (Å²) in [6.45, 7) is 7.43. The van der Waals surface area contributed by atoms with Crippen molar-refractivity contribution in [3.05, 3.63) is 90.6 Å². The zero-order valence-electron chi connectivity index (χ0n) is 24.5. The number of rotatable bonds is 7. The van der Waals surface area contributed by atoms with Crippen molar-refractivity contribution in [3.8, 4) is 0 Å². The van der Waals surface area contributed by atoms with E-state index < -0.39 is 0 Å². The van der Waals surface area contributed by atoms with Gasteiger partial charge in [-0.15, -0.1) is 6.58 Å². The number of quaternary nitrogens is 1. The lowest BCUT2D eigenvalue weighted by Crippen LogP contribution is -3.00. The Hall–Kier alpha value is -2.50. The van der Waals surface area contributed by atoms with Gasteiger partial charge in [-0.2, -0.15) is 0 Å². The fourth-order valence-corrected chi connectivity index (χ4v) is 10.6. The van der Waals surface area contributed by atoms with E-state index in [1.54, 1.807) is 0 Å². The van der Waals surface area contributed by atoms with Gasteiger partial charge in [-0.1, -0.05) is 54.6 Å². The minimum absolute atomic E-state index is 0. The van der Waals surface area contributed by atoms with E-state index in [4.69, 9.17) is 9.72 Å². The molecule has 0 N–H and O–H groups in total. The largest absolute Gasteiger partial charge is 1.00 e. The van der Waals surface area contributed by atoms with E-state index >= 15 is 0 Å². The monoisotopic (exact) mass is 626 g/mol. The molecule has 3 aliphatic heterocycles. The van der Waals surface area contributed by atoms with Crippen molar-refractivity contribution in [1.82, 2.24) is 4.98 Å². The molecule has 5 heteroatoms. The summed E-state index contributed by atoms with van der Waals surface area (Å²) < 4.78 is 8.01. The Labute approximate surface area is 260 Å². The van der Waals surface area contributed by atoms with Crippen molar-refractivity contribution in [1.29, 1.82) is 0 Å². The van der Waals surface area contributed by atoms with Crippen LogP contribution in [0.5, 0.6) is 0 Å². The number of ether oxygens (including phenoxy) is 1. The number of hydrogen-bond acceptors (Lipinski definition) is 3. The summed E-state index contributed by atoms with van der Waals surface area (Å²) in [4.78, 5) is 19.3. The zero-order valence-corrected chi connectivity index (χ0v) is 26.1. The molecular weight excluding hydrogens is 584 g/mol. The average molecular weight is 628 g/mol. The Kier molecular flexibility index (Phi) is 7.33. The highest BCUT2D eigenvalue weighted by Crippen LogP contribution is 2.61. The number of nitrogens with zero attached hydrogens (tertiary/aromatic N) is 2. The lowest BCUT2D eigenvalue weighted by molar-refractivity contribution is -0.984. The molecule has 1 unspecified atom stereocenters. The van der Waals surface area contributed by atoms with E-state index in [1.807, 2.05) is 6.20 Å². The number of pyridine rings is 1. The van der Waals surface area contributed by atoms with Gasteiger partial charge in [-0.3, -0.25) is 9.78 Å². The third-order valence-electron chi connectivity index (χ3n) is 12.1. The van der Waals surface area contributed by atoms with Gasteiger partial charge in [0, 0.05) is 41.5 Å². The van der Waals surface area contributed by atoms with Crippen molar-refractivity contribution in [2.75, 3.05) is 13.1 Å². The SMILES string of the molecule is C=C[C@H]1C[N+]2(Cc3ccccc3)CC[C@H]1C[C@@H]2[C@@H](OC(=O)C12CC3CC(CC(C3)C1)C2)c1ccnc2ccccc12.[Br-]. The fraction of sp³-hybridized carbons (Fsp3) is 0.514. The smallest absolute Gasteiger partial charge is 0.312 e. The number of piperidine rings is 3. The summed E-state index contributed by atoms with van der Waals surface area (Å²) in [5.41, 5.74) is 3.22. The van der Waals surface area contributed by atoms with Crippen LogP contribution in [0.3, 0.4) is 0 Å². The maximum absolute atomic E-state index is 14.6. The van der Waals surface area contributed by atoms with E-state index in [0.29, 0.717) is 29.6 Å². The molecule has 1 aromatic heterocycles. The van der Waals surface area contributed by atoms with Gasteiger partial charge in [0.1, 0.15) is 12.6 Å². The normalized spacial score (nSPS) is 36.8. The highest BCUT2D eigenvalue weighted by atomic mass is 79.9. The molecule has 42 heavy (non-hydrogen) atoms. The van der Waals surface area contributed by atoms with Crippen LogP contribution in [0.2, 0.25) is 0 Å². The van der Waals surface area contributed by atoms with E-state index in [-0.39, 0.29) is 40.5 Å². The Bertz CT molecular complexity index is 1430. The van der Waals surface area contributed by atoms with Crippen LogP contribution in [0.1, 0.15) is 68.6 Å². The molecule has 3 saturated heterocycles. The summed E-state index contributed by atoms with van der Waals surface area (Å²) in [7, 11) is 0. The quantitative estimate of drug-likeness (QED) is 0.218. The Balaban J connectivity index is 0.00000288. The number of hydrogen-bond donors (Lipinski definition) is 0. The molecule has 10 rings (SSSR count). The Morgan fingerprint density at radius 3 is 2.38 bits per heavy atom. The Morgan fingerprint density at radius 1 is 0.976 bits per heavy atom. The van der Waals surface area contributed by atoms with Gasteiger partial charge in [0.25, 0.3) is 0 Å². The highest BCUT2D eigenvalue weighted by Gasteiger charge is 2.59. The lowest BCUT2D eigenvalue weighted by atomic mass is 9.49. The molecule has 7 aliphatic rings. The molecule has 2 aromatic carbocycles. The summed E-state index contributed by atoms with van der Waals surface area (Å²) >= 11 is 0. The van der Waals surface area contributed by atoms with Crippen LogP contribution in [0.25, 0.3) is 10.9 Å². The van der Waals surface area contributed by atoms with Crippen LogP contribution in [0, 0.1) is 35.0 Å². The molecule has 3 aromatic rings. The van der Waals surface area contributed by atoms with Crippen LogP contribution in [0.4, 0.5) is 0 Å². The van der Waals surface area contributed by atoms with Crippen LogP contribution in [0.15, 0.2) is 79.5 Å². The average Bonchev–Trinajstić information content (AvgIpc) is 2.99. The van der Waals surface area contributed by atoms with Gasteiger partial charge in [-0.05, 0) is 74.3 Å². The number of carbonyl (C=O) groups is 1. The summed E-state index contributed by atoms with van der Waals surface area (Å²) in [5.74, 6) is 3.36. The lowest BCUT2D eigenvalue weighted by Gasteiger charge is -2.59. The second kappa shape index (κ2) is 10.9. The van der Waals surface area contributed by atoms with Gasteiger partial charge >= 0.3 is 5.97 Å². The van der Waals surface area contributed by atoms with Gasteiger partial charge < -0.3 is 26.2 Å².